The molecule has 2 heterocycles. The highest BCUT2D eigenvalue weighted by atomic mass is 16.5. The normalized spacial score (nSPS) is 13.5. The summed E-state index contributed by atoms with van der Waals surface area (Å²) < 4.78 is 7.02. The Balaban J connectivity index is 1.51. The number of carbonyl (C=O) groups is 1. The third kappa shape index (κ3) is 3.38. The van der Waals surface area contributed by atoms with Crippen LogP contribution in [-0.4, -0.2) is 33.8 Å². The summed E-state index contributed by atoms with van der Waals surface area (Å²) in [6.45, 7) is 1.60. The number of hydrogen-bond donors (Lipinski definition) is 2. The highest BCUT2D eigenvalue weighted by molar-refractivity contribution is 5.95. The molecular formula is C14H17N5O2. The zero-order valence-electron chi connectivity index (χ0n) is 11.8. The van der Waals surface area contributed by atoms with E-state index < -0.39 is 0 Å². The summed E-state index contributed by atoms with van der Waals surface area (Å²) >= 11 is 0. The molecule has 0 unspecified atom stereocenters. The average Bonchev–Trinajstić information content (AvgIpc) is 2.89. The van der Waals surface area contributed by atoms with Crippen LogP contribution in [0.25, 0.3) is 0 Å². The molecule has 3 rings (SSSR count). The Labute approximate surface area is 122 Å². The molecule has 1 aromatic carbocycles. The first kappa shape index (κ1) is 13.6. The molecule has 7 nitrogen and oxygen atoms in total. The fraction of sp³-hybridized carbons (Fsp3) is 0.357. The van der Waals surface area contributed by atoms with Gasteiger partial charge in [-0.15, -0.1) is 0 Å². The minimum absolute atomic E-state index is 0.0850. The van der Waals surface area contributed by atoms with Crippen LogP contribution in [0.2, 0.25) is 0 Å². The van der Waals surface area contributed by atoms with Crippen molar-refractivity contribution in [3.8, 4) is 5.75 Å². The summed E-state index contributed by atoms with van der Waals surface area (Å²) in [6.07, 6.45) is 2.48. The van der Waals surface area contributed by atoms with E-state index in [1.54, 1.807) is 11.0 Å². The number of benzene rings is 1. The molecule has 7 heteroatoms. The van der Waals surface area contributed by atoms with Crippen LogP contribution in [0.4, 0.5) is 5.69 Å². The highest BCUT2D eigenvalue weighted by Gasteiger charge is 2.15. The Morgan fingerprint density at radius 1 is 1.48 bits per heavy atom. The van der Waals surface area contributed by atoms with Crippen molar-refractivity contribution in [1.29, 1.82) is 0 Å². The second-order valence-electron chi connectivity index (χ2n) is 4.93. The number of anilines is 1. The molecule has 0 atom stereocenters. The number of aryl methyl sites for hydroxylation is 1. The lowest BCUT2D eigenvalue weighted by Crippen LogP contribution is -2.25. The van der Waals surface area contributed by atoms with E-state index in [2.05, 4.69) is 20.7 Å². The molecule has 1 aromatic heterocycles. The zero-order valence-corrected chi connectivity index (χ0v) is 11.8. The molecule has 0 fully saturated rings. The first-order chi connectivity index (χ1) is 10.2. The number of amides is 1. The SMILES string of the molecule is Cn1cnc(CCNCc2ccc3c(c2)NC(=O)CO3)n1. The van der Waals surface area contributed by atoms with Crippen LogP contribution in [-0.2, 0) is 24.8 Å². The smallest absolute Gasteiger partial charge is 0.262 e. The first-order valence-electron chi connectivity index (χ1n) is 6.81. The number of nitrogens with one attached hydrogen (secondary N) is 2. The fourth-order valence-electron chi connectivity index (χ4n) is 2.17. The van der Waals surface area contributed by atoms with Crippen LogP contribution in [0, 0.1) is 0 Å². The molecule has 0 bridgehead atoms. The molecule has 2 aromatic rings. The van der Waals surface area contributed by atoms with E-state index in [9.17, 15) is 4.79 Å². The lowest BCUT2D eigenvalue weighted by Gasteiger charge is -2.18. The Morgan fingerprint density at radius 2 is 2.38 bits per heavy atom. The maximum absolute atomic E-state index is 11.3. The van der Waals surface area contributed by atoms with Crippen LogP contribution >= 0.6 is 0 Å². The summed E-state index contributed by atoms with van der Waals surface area (Å²) in [5.41, 5.74) is 1.82. The van der Waals surface area contributed by atoms with Crippen LogP contribution in [0.5, 0.6) is 5.75 Å². The van der Waals surface area contributed by atoms with E-state index in [0.29, 0.717) is 0 Å². The van der Waals surface area contributed by atoms with Gasteiger partial charge >= 0.3 is 0 Å². The van der Waals surface area contributed by atoms with Gasteiger partial charge in [0.2, 0.25) is 0 Å². The van der Waals surface area contributed by atoms with Gasteiger partial charge in [0.15, 0.2) is 12.4 Å². The van der Waals surface area contributed by atoms with Gasteiger partial charge in [-0.1, -0.05) is 6.07 Å². The molecule has 1 amide bonds. The van der Waals surface area contributed by atoms with Crippen molar-refractivity contribution in [1.82, 2.24) is 20.1 Å². The lowest BCUT2D eigenvalue weighted by molar-refractivity contribution is -0.118. The van der Waals surface area contributed by atoms with Gasteiger partial charge in [-0.3, -0.25) is 9.48 Å². The third-order valence-corrected chi connectivity index (χ3v) is 3.18. The van der Waals surface area contributed by atoms with Gasteiger partial charge < -0.3 is 15.4 Å². The van der Waals surface area contributed by atoms with Gasteiger partial charge in [0.25, 0.3) is 5.91 Å². The van der Waals surface area contributed by atoms with E-state index in [1.807, 2.05) is 25.2 Å². The number of hydrogen-bond acceptors (Lipinski definition) is 5. The summed E-state index contributed by atoms with van der Waals surface area (Å²) in [5.74, 6) is 1.43. The quantitative estimate of drug-likeness (QED) is 0.782. The lowest BCUT2D eigenvalue weighted by atomic mass is 10.1. The molecule has 110 valence electrons. The number of carbonyl (C=O) groups excluding carboxylic acids is 1. The Hall–Kier alpha value is -2.41. The first-order valence-corrected chi connectivity index (χ1v) is 6.81. The van der Waals surface area contributed by atoms with Crippen molar-refractivity contribution in [2.45, 2.75) is 13.0 Å². The predicted molar refractivity (Wildman–Crippen MR) is 77.0 cm³/mol. The summed E-state index contributed by atoms with van der Waals surface area (Å²) in [6, 6.07) is 5.80. The molecule has 1 aliphatic rings. The van der Waals surface area contributed by atoms with Gasteiger partial charge in [-0.2, -0.15) is 5.10 Å². The van der Waals surface area contributed by atoms with E-state index >= 15 is 0 Å². The van der Waals surface area contributed by atoms with Crippen molar-refractivity contribution in [2.75, 3.05) is 18.5 Å². The molecule has 2 N–H and O–H groups in total. The molecule has 0 saturated heterocycles. The van der Waals surface area contributed by atoms with Crippen LogP contribution < -0.4 is 15.4 Å². The van der Waals surface area contributed by atoms with Gasteiger partial charge in [-0.25, -0.2) is 4.98 Å². The summed E-state index contributed by atoms with van der Waals surface area (Å²) in [4.78, 5) is 15.5. The second kappa shape index (κ2) is 5.92. The monoisotopic (exact) mass is 287 g/mol. The molecule has 0 saturated carbocycles. The van der Waals surface area contributed by atoms with E-state index in [-0.39, 0.29) is 12.5 Å². The number of fused-ring (bicyclic) bond motifs is 1. The van der Waals surface area contributed by atoms with Crippen molar-refractivity contribution in [3.05, 3.63) is 35.9 Å². The largest absolute Gasteiger partial charge is 0.482 e. The minimum atomic E-state index is -0.117. The average molecular weight is 287 g/mol. The number of nitrogens with zero attached hydrogens (tertiary/aromatic N) is 3. The Kier molecular flexibility index (Phi) is 3.83. The standard InChI is InChI=1S/C14H17N5O2/c1-19-9-16-13(18-19)4-5-15-7-10-2-3-12-11(6-10)17-14(20)8-21-12/h2-3,6,9,15H,4-5,7-8H2,1H3,(H,17,20). The van der Waals surface area contributed by atoms with Crippen molar-refractivity contribution < 1.29 is 9.53 Å². The van der Waals surface area contributed by atoms with Crippen molar-refractivity contribution in [2.24, 2.45) is 7.05 Å². The van der Waals surface area contributed by atoms with E-state index in [1.165, 1.54) is 0 Å². The molecule has 0 spiro atoms. The maximum Gasteiger partial charge on any atom is 0.262 e. The second-order valence-corrected chi connectivity index (χ2v) is 4.93. The van der Waals surface area contributed by atoms with Gasteiger partial charge in [-0.05, 0) is 17.7 Å². The Bertz CT molecular complexity index is 653. The van der Waals surface area contributed by atoms with E-state index in [4.69, 9.17) is 4.74 Å². The number of aromatic nitrogens is 3. The van der Waals surface area contributed by atoms with Crippen LogP contribution in [0.3, 0.4) is 0 Å². The number of ether oxygens (including phenoxy) is 1. The third-order valence-electron chi connectivity index (χ3n) is 3.18. The molecule has 0 aliphatic carbocycles. The maximum atomic E-state index is 11.3. The van der Waals surface area contributed by atoms with Gasteiger partial charge in [0.1, 0.15) is 12.1 Å². The van der Waals surface area contributed by atoms with Crippen molar-refractivity contribution >= 4 is 11.6 Å². The van der Waals surface area contributed by atoms with Gasteiger partial charge in [0, 0.05) is 26.6 Å². The molecule has 0 radical (unpaired) electrons. The van der Waals surface area contributed by atoms with Crippen LogP contribution in [0.1, 0.15) is 11.4 Å². The molecular weight excluding hydrogens is 270 g/mol. The summed E-state index contributed by atoms with van der Waals surface area (Å²) in [7, 11) is 1.85. The fourth-order valence-corrected chi connectivity index (χ4v) is 2.17. The highest BCUT2D eigenvalue weighted by Crippen LogP contribution is 2.28. The summed E-state index contributed by atoms with van der Waals surface area (Å²) in [5, 5.41) is 10.4. The Morgan fingerprint density at radius 3 is 3.19 bits per heavy atom. The van der Waals surface area contributed by atoms with E-state index in [0.717, 1.165) is 42.3 Å². The molecule has 1 aliphatic heterocycles. The zero-order chi connectivity index (χ0) is 14.7. The minimum Gasteiger partial charge on any atom is -0.482 e. The predicted octanol–water partition coefficient (Wildman–Crippen LogP) is 0.478. The van der Waals surface area contributed by atoms with Gasteiger partial charge in [0.05, 0.1) is 5.69 Å². The van der Waals surface area contributed by atoms with Crippen molar-refractivity contribution in [3.63, 3.8) is 0 Å². The van der Waals surface area contributed by atoms with Crippen LogP contribution in [0.15, 0.2) is 24.5 Å². The molecule has 21 heavy (non-hydrogen) atoms. The number of rotatable bonds is 5. The topological polar surface area (TPSA) is 81.1 Å².